The first-order valence-corrected chi connectivity index (χ1v) is 6.79. The first kappa shape index (κ1) is 15.3. The maximum atomic E-state index is 4.77. The van der Waals surface area contributed by atoms with Crippen molar-refractivity contribution in [1.29, 1.82) is 0 Å². The topological polar surface area (TPSA) is 18.8 Å². The van der Waals surface area contributed by atoms with Crippen LogP contribution in [0.1, 0.15) is 47.5 Å². The van der Waals surface area contributed by atoms with E-state index in [4.69, 9.17) is 4.99 Å². The molecule has 0 saturated heterocycles. The highest BCUT2D eigenvalue weighted by atomic mass is 15.4. The van der Waals surface area contributed by atoms with Crippen LogP contribution in [0.3, 0.4) is 0 Å². The van der Waals surface area contributed by atoms with Gasteiger partial charge in [-0.2, -0.15) is 0 Å². The highest BCUT2D eigenvalue weighted by Crippen LogP contribution is 2.01. The molecule has 96 valence electrons. The van der Waals surface area contributed by atoms with E-state index in [-0.39, 0.29) is 0 Å². The van der Waals surface area contributed by atoms with E-state index in [1.54, 1.807) is 0 Å². The van der Waals surface area contributed by atoms with Crippen molar-refractivity contribution >= 4 is 5.96 Å². The van der Waals surface area contributed by atoms with Crippen LogP contribution in [0.25, 0.3) is 0 Å². The minimum absolute atomic E-state index is 0.957. The van der Waals surface area contributed by atoms with Gasteiger partial charge in [-0.3, -0.25) is 4.99 Å². The molecule has 0 aromatic carbocycles. The van der Waals surface area contributed by atoms with Crippen LogP contribution in [0.2, 0.25) is 0 Å². The largest absolute Gasteiger partial charge is 0.343 e. The smallest absolute Gasteiger partial charge is 0.196 e. The first-order chi connectivity index (χ1) is 7.74. The molecule has 0 aliphatic heterocycles. The molecule has 0 amide bonds. The van der Waals surface area contributed by atoms with Gasteiger partial charge in [-0.05, 0) is 34.1 Å². The molecule has 0 saturated carbocycles. The van der Waals surface area contributed by atoms with Crippen molar-refractivity contribution in [3.63, 3.8) is 0 Å². The van der Waals surface area contributed by atoms with E-state index in [0.29, 0.717) is 0 Å². The summed E-state index contributed by atoms with van der Waals surface area (Å²) < 4.78 is 0. The van der Waals surface area contributed by atoms with Crippen LogP contribution in [0.5, 0.6) is 0 Å². The minimum Gasteiger partial charge on any atom is -0.343 e. The van der Waals surface area contributed by atoms with Crippen LogP contribution in [0, 0.1) is 0 Å². The summed E-state index contributed by atoms with van der Waals surface area (Å²) in [7, 11) is 0. The Hall–Kier alpha value is -0.730. The second-order valence-electron chi connectivity index (χ2n) is 3.88. The van der Waals surface area contributed by atoms with Gasteiger partial charge < -0.3 is 9.80 Å². The summed E-state index contributed by atoms with van der Waals surface area (Å²) in [5.74, 6) is 1.18. The fourth-order valence-corrected chi connectivity index (χ4v) is 1.75. The summed E-state index contributed by atoms with van der Waals surface area (Å²) in [6.07, 6.45) is 2.40. The normalized spacial score (nSPS) is 10.1. The van der Waals surface area contributed by atoms with Gasteiger partial charge in [0.2, 0.25) is 0 Å². The van der Waals surface area contributed by atoms with E-state index in [1.807, 2.05) is 0 Å². The fourth-order valence-electron chi connectivity index (χ4n) is 1.75. The van der Waals surface area contributed by atoms with Gasteiger partial charge in [0, 0.05) is 32.7 Å². The molecule has 0 rings (SSSR count). The maximum absolute atomic E-state index is 4.77. The zero-order valence-corrected chi connectivity index (χ0v) is 11.8. The lowest BCUT2D eigenvalue weighted by atomic mass is 10.3. The Labute approximate surface area is 102 Å². The molecule has 3 heteroatoms. The summed E-state index contributed by atoms with van der Waals surface area (Å²) in [5.41, 5.74) is 0. The van der Waals surface area contributed by atoms with Crippen LogP contribution in [-0.4, -0.2) is 48.5 Å². The van der Waals surface area contributed by atoms with Crippen LogP contribution in [0.15, 0.2) is 4.99 Å². The van der Waals surface area contributed by atoms with E-state index < -0.39 is 0 Å². The van der Waals surface area contributed by atoms with Crippen molar-refractivity contribution in [2.75, 3.05) is 32.7 Å². The molecule has 0 N–H and O–H groups in total. The Bertz CT molecular complexity index is 168. The maximum Gasteiger partial charge on any atom is 0.196 e. The highest BCUT2D eigenvalue weighted by Gasteiger charge is 2.12. The predicted molar refractivity (Wildman–Crippen MR) is 73.1 cm³/mol. The standard InChI is InChI=1S/C13H29N3/c1-6-11-12-14-13(15(7-2)8-3)16(9-4)10-5/h6-12H2,1-5H3. The average molecular weight is 227 g/mol. The molecule has 0 atom stereocenters. The molecule has 0 aliphatic rings. The zero-order chi connectivity index (χ0) is 12.4. The predicted octanol–water partition coefficient (Wildman–Crippen LogP) is 2.83. The quantitative estimate of drug-likeness (QED) is 0.378. The van der Waals surface area contributed by atoms with Gasteiger partial charge in [0.1, 0.15) is 0 Å². The third-order valence-electron chi connectivity index (χ3n) is 2.86. The second-order valence-corrected chi connectivity index (χ2v) is 3.88. The number of guanidine groups is 1. The molecule has 0 aromatic rings. The average Bonchev–Trinajstić information content (AvgIpc) is 2.31. The number of hydrogen-bond donors (Lipinski definition) is 0. The zero-order valence-electron chi connectivity index (χ0n) is 11.8. The van der Waals surface area contributed by atoms with Gasteiger partial charge in [0.15, 0.2) is 5.96 Å². The van der Waals surface area contributed by atoms with Gasteiger partial charge in [0.05, 0.1) is 0 Å². The summed E-state index contributed by atoms with van der Waals surface area (Å²) in [5, 5.41) is 0. The van der Waals surface area contributed by atoms with E-state index in [0.717, 1.165) is 32.7 Å². The van der Waals surface area contributed by atoms with Crippen LogP contribution >= 0.6 is 0 Å². The number of rotatable bonds is 7. The van der Waals surface area contributed by atoms with E-state index in [1.165, 1.54) is 18.8 Å². The summed E-state index contributed by atoms with van der Waals surface area (Å²) in [6, 6.07) is 0. The van der Waals surface area contributed by atoms with Gasteiger partial charge in [-0.15, -0.1) is 0 Å². The van der Waals surface area contributed by atoms with Crippen molar-refractivity contribution in [1.82, 2.24) is 9.80 Å². The van der Waals surface area contributed by atoms with Gasteiger partial charge in [-0.25, -0.2) is 0 Å². The van der Waals surface area contributed by atoms with Crippen molar-refractivity contribution in [2.45, 2.75) is 47.5 Å². The third-order valence-corrected chi connectivity index (χ3v) is 2.86. The summed E-state index contributed by atoms with van der Waals surface area (Å²) in [4.78, 5) is 9.47. The van der Waals surface area contributed by atoms with Crippen LogP contribution < -0.4 is 0 Å². The summed E-state index contributed by atoms with van der Waals surface area (Å²) in [6.45, 7) is 16.1. The molecule has 0 radical (unpaired) electrons. The Morgan fingerprint density at radius 2 is 1.25 bits per heavy atom. The van der Waals surface area contributed by atoms with Gasteiger partial charge >= 0.3 is 0 Å². The minimum atomic E-state index is 0.957. The number of hydrogen-bond acceptors (Lipinski definition) is 1. The van der Waals surface area contributed by atoms with Gasteiger partial charge in [-0.1, -0.05) is 13.3 Å². The van der Waals surface area contributed by atoms with Crippen molar-refractivity contribution in [3.8, 4) is 0 Å². The van der Waals surface area contributed by atoms with Crippen molar-refractivity contribution in [2.24, 2.45) is 4.99 Å². The lowest BCUT2D eigenvalue weighted by Gasteiger charge is -2.32. The monoisotopic (exact) mass is 227 g/mol. The lowest BCUT2D eigenvalue weighted by Crippen LogP contribution is -2.44. The molecule has 3 nitrogen and oxygen atoms in total. The second kappa shape index (κ2) is 9.49. The lowest BCUT2D eigenvalue weighted by molar-refractivity contribution is 0.348. The molecule has 0 spiro atoms. The molecule has 0 heterocycles. The molecule has 16 heavy (non-hydrogen) atoms. The molecular formula is C13H29N3. The molecule has 0 aromatic heterocycles. The molecule has 0 aliphatic carbocycles. The van der Waals surface area contributed by atoms with E-state index in [9.17, 15) is 0 Å². The molecule has 0 unspecified atom stereocenters. The Balaban J connectivity index is 4.65. The SMILES string of the molecule is CCCCN=C(N(CC)CC)N(CC)CC. The number of aliphatic imine (C=N–C) groups is 1. The van der Waals surface area contributed by atoms with Crippen LogP contribution in [-0.2, 0) is 0 Å². The number of nitrogens with zero attached hydrogens (tertiary/aromatic N) is 3. The Morgan fingerprint density at radius 3 is 1.56 bits per heavy atom. The van der Waals surface area contributed by atoms with Crippen molar-refractivity contribution in [3.05, 3.63) is 0 Å². The third kappa shape index (κ3) is 4.86. The first-order valence-electron chi connectivity index (χ1n) is 6.79. The Morgan fingerprint density at radius 1 is 0.812 bits per heavy atom. The number of unbranched alkanes of at least 4 members (excludes halogenated alkanes) is 1. The van der Waals surface area contributed by atoms with Crippen LogP contribution in [0.4, 0.5) is 0 Å². The Kier molecular flexibility index (Phi) is 9.06. The van der Waals surface area contributed by atoms with E-state index >= 15 is 0 Å². The molecule has 0 bridgehead atoms. The molecule has 0 fully saturated rings. The fraction of sp³-hybridized carbons (Fsp3) is 0.923. The summed E-state index contributed by atoms with van der Waals surface area (Å²) >= 11 is 0. The van der Waals surface area contributed by atoms with Gasteiger partial charge in [0.25, 0.3) is 0 Å². The van der Waals surface area contributed by atoms with E-state index in [2.05, 4.69) is 44.4 Å². The highest BCUT2D eigenvalue weighted by molar-refractivity contribution is 5.80. The molecular weight excluding hydrogens is 198 g/mol. The van der Waals surface area contributed by atoms with Crippen molar-refractivity contribution < 1.29 is 0 Å².